The third kappa shape index (κ3) is 4.93. The van der Waals surface area contributed by atoms with Gasteiger partial charge in [-0.05, 0) is 20.8 Å². The molecule has 0 aromatic rings. The molecule has 0 amide bonds. The fourth-order valence-electron chi connectivity index (χ4n) is 0.849. The van der Waals surface area contributed by atoms with Crippen LogP contribution in [-0.4, -0.2) is 21.1 Å². The molecule has 0 aromatic heterocycles. The first-order valence-electron chi connectivity index (χ1n) is 4.26. The quantitative estimate of drug-likeness (QED) is 0.380. The molecule has 0 saturated heterocycles. The lowest BCUT2D eigenvalue weighted by atomic mass is 10.6. The summed E-state index contributed by atoms with van der Waals surface area (Å²) in [5.74, 6) is 0. The Morgan fingerprint density at radius 1 is 1.25 bits per heavy atom. The number of hydrogen-bond acceptors (Lipinski definition) is 2. The lowest BCUT2D eigenvalue weighted by Gasteiger charge is -2.21. The first kappa shape index (κ1) is 12.2. The molecular weight excluding hydrogens is 192 g/mol. The fourth-order valence-corrected chi connectivity index (χ4v) is 3.47. The zero-order valence-electron chi connectivity index (χ0n) is 7.97. The van der Waals surface area contributed by atoms with Gasteiger partial charge in [-0.2, -0.15) is 0 Å². The van der Waals surface area contributed by atoms with Crippen LogP contribution in [0.4, 0.5) is 0 Å². The van der Waals surface area contributed by atoms with Gasteiger partial charge in [0.1, 0.15) is 0 Å². The van der Waals surface area contributed by atoms with Gasteiger partial charge >= 0.3 is 7.87 Å². The van der Waals surface area contributed by atoms with E-state index >= 15 is 0 Å². The Hall–Kier alpha value is 0.167. The van der Waals surface area contributed by atoms with Crippen LogP contribution in [0.5, 0.6) is 0 Å². The Labute approximate surface area is 80.5 Å². The molecule has 0 aromatic carbocycles. The Balaban J connectivity index is 3.97. The van der Waals surface area contributed by atoms with Gasteiger partial charge in [0.25, 0.3) is 0 Å². The van der Waals surface area contributed by atoms with Crippen molar-refractivity contribution in [1.82, 2.24) is 0 Å². The van der Waals surface area contributed by atoms with Crippen molar-refractivity contribution >= 4 is 18.9 Å². The van der Waals surface area contributed by atoms with Crippen LogP contribution >= 0.6 is 11.1 Å². The molecule has 2 nitrogen and oxygen atoms in total. The summed E-state index contributed by atoms with van der Waals surface area (Å²) in [7, 11) is -2.38. The monoisotopic (exact) mass is 208 g/mol. The van der Waals surface area contributed by atoms with Gasteiger partial charge < -0.3 is 8.85 Å². The second kappa shape index (κ2) is 6.66. The van der Waals surface area contributed by atoms with Crippen molar-refractivity contribution in [1.29, 1.82) is 0 Å². The Morgan fingerprint density at radius 3 is 2.08 bits per heavy atom. The highest BCUT2D eigenvalue weighted by atomic mass is 35.6. The second-order valence-electron chi connectivity index (χ2n) is 2.30. The summed E-state index contributed by atoms with van der Waals surface area (Å²) in [6.45, 7) is 7.06. The maximum Gasteiger partial charge on any atom is 0.447 e. The highest BCUT2D eigenvalue weighted by Crippen LogP contribution is 2.19. The van der Waals surface area contributed by atoms with Crippen LogP contribution in [0.15, 0.2) is 12.2 Å². The van der Waals surface area contributed by atoms with Crippen molar-refractivity contribution in [3.63, 3.8) is 0 Å². The van der Waals surface area contributed by atoms with E-state index in [1.807, 2.05) is 32.9 Å². The minimum Gasteiger partial charge on any atom is -0.383 e. The largest absolute Gasteiger partial charge is 0.447 e. The number of hydrogen-bond donors (Lipinski definition) is 0. The van der Waals surface area contributed by atoms with Gasteiger partial charge in [-0.3, -0.25) is 0 Å². The highest BCUT2D eigenvalue weighted by Gasteiger charge is 2.33. The van der Waals surface area contributed by atoms with E-state index in [1.54, 1.807) is 0 Å². The van der Waals surface area contributed by atoms with E-state index in [9.17, 15) is 0 Å². The Bertz CT molecular complexity index is 133. The molecule has 0 rings (SSSR count). The van der Waals surface area contributed by atoms with E-state index in [-0.39, 0.29) is 0 Å². The molecule has 0 radical (unpaired) electrons. The molecule has 12 heavy (non-hydrogen) atoms. The van der Waals surface area contributed by atoms with Crippen molar-refractivity contribution in [3.8, 4) is 0 Å². The summed E-state index contributed by atoms with van der Waals surface area (Å²) >= 11 is 6.16. The molecule has 0 unspecified atom stereocenters. The minimum atomic E-state index is -2.38. The van der Waals surface area contributed by atoms with Crippen molar-refractivity contribution in [3.05, 3.63) is 12.2 Å². The molecule has 4 heteroatoms. The lowest BCUT2D eigenvalue weighted by Crippen LogP contribution is -2.35. The Morgan fingerprint density at radius 2 is 1.75 bits per heavy atom. The molecule has 0 aliphatic rings. The van der Waals surface area contributed by atoms with Crippen LogP contribution in [0.2, 0.25) is 6.04 Å². The predicted molar refractivity (Wildman–Crippen MR) is 54.5 cm³/mol. The van der Waals surface area contributed by atoms with Crippen molar-refractivity contribution in [2.75, 3.05) is 13.2 Å². The van der Waals surface area contributed by atoms with Crippen molar-refractivity contribution < 1.29 is 8.85 Å². The van der Waals surface area contributed by atoms with Gasteiger partial charge in [0.2, 0.25) is 0 Å². The van der Waals surface area contributed by atoms with Crippen LogP contribution in [0.25, 0.3) is 0 Å². The third-order valence-electron chi connectivity index (χ3n) is 1.32. The van der Waals surface area contributed by atoms with Crippen LogP contribution in [0.1, 0.15) is 20.8 Å². The zero-order valence-corrected chi connectivity index (χ0v) is 9.73. The summed E-state index contributed by atoms with van der Waals surface area (Å²) in [4.78, 5) is 0. The van der Waals surface area contributed by atoms with Crippen LogP contribution < -0.4 is 0 Å². The van der Waals surface area contributed by atoms with Gasteiger partial charge in [-0.15, -0.1) is 0 Å². The molecule has 0 atom stereocenters. The summed E-state index contributed by atoms with van der Waals surface area (Å²) in [5.41, 5.74) is 0. The highest BCUT2D eigenvalue weighted by molar-refractivity contribution is 7.13. The van der Waals surface area contributed by atoms with Gasteiger partial charge in [0, 0.05) is 19.3 Å². The third-order valence-corrected chi connectivity index (χ3v) is 4.60. The number of halogens is 1. The molecule has 72 valence electrons. The summed E-state index contributed by atoms with van der Waals surface area (Å²) in [6, 6.07) is 0.715. The smallest absolute Gasteiger partial charge is 0.383 e. The van der Waals surface area contributed by atoms with Gasteiger partial charge in [0.05, 0.1) is 0 Å². The normalized spacial score (nSPS) is 12.7. The number of rotatable bonds is 6. The van der Waals surface area contributed by atoms with E-state index < -0.39 is 7.87 Å². The van der Waals surface area contributed by atoms with E-state index in [2.05, 4.69) is 0 Å². The number of allylic oxidation sites excluding steroid dienone is 2. The molecule has 0 fully saturated rings. The van der Waals surface area contributed by atoms with E-state index in [4.69, 9.17) is 19.9 Å². The molecule has 0 aliphatic heterocycles. The van der Waals surface area contributed by atoms with Crippen LogP contribution in [0, 0.1) is 0 Å². The topological polar surface area (TPSA) is 18.5 Å². The molecule has 0 bridgehead atoms. The van der Waals surface area contributed by atoms with Crippen LogP contribution in [-0.2, 0) is 8.85 Å². The maximum absolute atomic E-state index is 6.16. The average molecular weight is 209 g/mol. The summed E-state index contributed by atoms with van der Waals surface area (Å²) in [6.07, 6.45) is 3.95. The summed E-state index contributed by atoms with van der Waals surface area (Å²) < 4.78 is 10.8. The predicted octanol–water partition coefficient (Wildman–Crippen LogP) is 2.81. The molecule has 0 N–H and O–H groups in total. The first-order chi connectivity index (χ1) is 5.68. The maximum atomic E-state index is 6.16. The van der Waals surface area contributed by atoms with E-state index in [1.165, 1.54) is 0 Å². The van der Waals surface area contributed by atoms with Gasteiger partial charge in [0.15, 0.2) is 0 Å². The average Bonchev–Trinajstić information content (AvgIpc) is 2.02. The lowest BCUT2D eigenvalue weighted by molar-refractivity contribution is 0.206. The van der Waals surface area contributed by atoms with E-state index in [0.717, 1.165) is 0 Å². The molecule has 0 aliphatic carbocycles. The molecular formula is C8H17ClO2Si. The van der Waals surface area contributed by atoms with Crippen molar-refractivity contribution in [2.45, 2.75) is 26.8 Å². The molecule has 0 heterocycles. The van der Waals surface area contributed by atoms with E-state index in [0.29, 0.717) is 19.3 Å². The standard InChI is InChI=1S/C8H17ClO2Si/c1-4-7-8-12(9,10-5-2)11-6-3/h4,7H,5-6,8H2,1-3H3/b7-4+. The van der Waals surface area contributed by atoms with Gasteiger partial charge in [-0.25, -0.2) is 0 Å². The SMILES string of the molecule is C/C=C/C[Si](Cl)(OCC)OCC. The minimum absolute atomic E-state index is 0.618. The van der Waals surface area contributed by atoms with Crippen molar-refractivity contribution in [2.24, 2.45) is 0 Å². The van der Waals surface area contributed by atoms with Gasteiger partial charge in [-0.1, -0.05) is 23.2 Å². The fraction of sp³-hybridized carbons (Fsp3) is 0.750. The summed E-state index contributed by atoms with van der Waals surface area (Å²) in [5, 5.41) is 0. The molecule has 0 spiro atoms. The Kier molecular flexibility index (Phi) is 6.75. The zero-order chi connectivity index (χ0) is 9.45. The van der Waals surface area contributed by atoms with Crippen LogP contribution in [0.3, 0.4) is 0 Å². The first-order valence-corrected chi connectivity index (χ1v) is 7.30. The second-order valence-corrected chi connectivity index (χ2v) is 6.33. The molecule has 0 saturated carbocycles.